The topological polar surface area (TPSA) is 78.9 Å². The largest absolute Gasteiger partial charge is 0.458 e. The maximum atomic E-state index is 13.9. The fourth-order valence-electron chi connectivity index (χ4n) is 7.04. The van der Waals surface area contributed by atoms with Crippen LogP contribution in [0.3, 0.4) is 0 Å². The zero-order valence-electron chi connectivity index (χ0n) is 21.0. The van der Waals surface area contributed by atoms with Crippen molar-refractivity contribution in [2.24, 2.45) is 29.1 Å². The molecule has 2 saturated carbocycles. The van der Waals surface area contributed by atoms with E-state index in [0.717, 1.165) is 33.0 Å². The van der Waals surface area contributed by atoms with Crippen LogP contribution in [-0.2, 0) is 28.6 Å². The smallest absolute Gasteiger partial charge is 0.311 e. The van der Waals surface area contributed by atoms with Crippen LogP contribution in [0.4, 0.5) is 0 Å². The van der Waals surface area contributed by atoms with Gasteiger partial charge < -0.3 is 14.2 Å². The minimum atomic E-state index is -0.697. The molecule has 1 aliphatic heterocycles. The number of hydrogen-bond acceptors (Lipinski definition) is 6. The lowest BCUT2D eigenvalue weighted by molar-refractivity contribution is -0.173. The van der Waals surface area contributed by atoms with E-state index in [2.05, 4.69) is 24.3 Å². The number of benzene rings is 3. The van der Waals surface area contributed by atoms with Gasteiger partial charge in [-0.2, -0.15) is 0 Å². The van der Waals surface area contributed by atoms with Crippen molar-refractivity contribution in [1.29, 1.82) is 0 Å². The van der Waals surface area contributed by atoms with Crippen LogP contribution in [0.1, 0.15) is 44.4 Å². The molecule has 37 heavy (non-hydrogen) atoms. The summed E-state index contributed by atoms with van der Waals surface area (Å²) >= 11 is 0. The molecule has 4 aliphatic rings. The molecule has 7 rings (SSSR count). The third-order valence-electron chi connectivity index (χ3n) is 8.66. The second kappa shape index (κ2) is 7.67. The van der Waals surface area contributed by atoms with Crippen LogP contribution in [0.5, 0.6) is 0 Å². The van der Waals surface area contributed by atoms with Gasteiger partial charge in [0.15, 0.2) is 6.10 Å². The first-order chi connectivity index (χ1) is 17.7. The Labute approximate surface area is 214 Å². The molecular weight excluding hydrogens is 468 g/mol. The summed E-state index contributed by atoms with van der Waals surface area (Å²) < 4.78 is 17.9. The highest BCUT2D eigenvalue weighted by Gasteiger charge is 2.70. The van der Waals surface area contributed by atoms with Crippen molar-refractivity contribution in [2.75, 3.05) is 0 Å². The molecule has 1 saturated heterocycles. The van der Waals surface area contributed by atoms with E-state index >= 15 is 0 Å². The van der Waals surface area contributed by atoms with Gasteiger partial charge in [-0.1, -0.05) is 60.7 Å². The number of hydrogen-bond donors (Lipinski definition) is 0. The predicted octanol–water partition coefficient (Wildman–Crippen LogP) is 5.22. The molecule has 0 N–H and O–H groups in total. The Morgan fingerprint density at radius 2 is 1.57 bits per heavy atom. The highest BCUT2D eigenvalue weighted by atomic mass is 16.6. The van der Waals surface area contributed by atoms with E-state index in [0.29, 0.717) is 6.42 Å². The number of ether oxygens (including phenoxy) is 3. The van der Waals surface area contributed by atoms with Gasteiger partial charge in [0.25, 0.3) is 0 Å². The van der Waals surface area contributed by atoms with Crippen molar-refractivity contribution in [3.63, 3.8) is 0 Å². The lowest BCUT2D eigenvalue weighted by Gasteiger charge is -2.34. The lowest BCUT2D eigenvalue weighted by atomic mass is 9.78. The van der Waals surface area contributed by atoms with E-state index < -0.39 is 41.5 Å². The van der Waals surface area contributed by atoms with Crippen molar-refractivity contribution in [2.45, 2.75) is 45.5 Å². The Morgan fingerprint density at radius 3 is 2.35 bits per heavy atom. The highest BCUT2D eigenvalue weighted by molar-refractivity contribution is 6.02. The van der Waals surface area contributed by atoms with Crippen LogP contribution in [0.15, 0.2) is 60.7 Å². The molecule has 6 nitrogen and oxygen atoms in total. The van der Waals surface area contributed by atoms with Gasteiger partial charge in [-0.15, -0.1) is 0 Å². The Morgan fingerprint density at radius 1 is 0.865 bits per heavy atom. The summed E-state index contributed by atoms with van der Waals surface area (Å²) in [5.41, 5.74) is 3.32. The van der Waals surface area contributed by atoms with Gasteiger partial charge >= 0.3 is 17.9 Å². The van der Waals surface area contributed by atoms with Gasteiger partial charge in [0.1, 0.15) is 12.2 Å². The predicted molar refractivity (Wildman–Crippen MR) is 135 cm³/mol. The molecule has 3 aromatic rings. The molecule has 0 spiro atoms. The summed E-state index contributed by atoms with van der Waals surface area (Å²) in [5, 5.41) is 2.16. The molecule has 1 heterocycles. The SMILES string of the molecule is CC(C)(C)C(=O)OC1C2CC3C1OC(=O)C3C2C(=O)OC1c2ccccc2-c2cccc3cccc1c23. The van der Waals surface area contributed by atoms with E-state index in [1.165, 1.54) is 0 Å². The Hall–Kier alpha value is -3.67. The summed E-state index contributed by atoms with van der Waals surface area (Å²) in [4.78, 5) is 39.5. The van der Waals surface area contributed by atoms with Crippen molar-refractivity contribution < 1.29 is 28.6 Å². The minimum absolute atomic E-state index is 0.129. The monoisotopic (exact) mass is 496 g/mol. The first-order valence-electron chi connectivity index (χ1n) is 13.0. The summed E-state index contributed by atoms with van der Waals surface area (Å²) in [7, 11) is 0. The van der Waals surface area contributed by atoms with Gasteiger partial charge in [0, 0.05) is 23.0 Å². The second-order valence-corrected chi connectivity index (χ2v) is 11.8. The van der Waals surface area contributed by atoms with Crippen LogP contribution in [0.2, 0.25) is 0 Å². The average Bonchev–Trinajstić information content (AvgIpc) is 3.50. The first-order valence-corrected chi connectivity index (χ1v) is 13.0. The molecule has 7 atom stereocenters. The number of esters is 3. The summed E-state index contributed by atoms with van der Waals surface area (Å²) in [6.45, 7) is 5.37. The zero-order chi connectivity index (χ0) is 25.6. The summed E-state index contributed by atoms with van der Waals surface area (Å²) in [6, 6.07) is 20.2. The second-order valence-electron chi connectivity index (χ2n) is 11.8. The third kappa shape index (κ3) is 3.14. The van der Waals surface area contributed by atoms with Crippen LogP contribution < -0.4 is 0 Å². The number of carbonyl (C=O) groups excluding carboxylic acids is 3. The molecule has 7 unspecified atom stereocenters. The average molecular weight is 497 g/mol. The molecule has 6 heteroatoms. The van der Waals surface area contributed by atoms with Gasteiger partial charge in [-0.05, 0) is 49.1 Å². The van der Waals surface area contributed by atoms with Crippen molar-refractivity contribution in [1.82, 2.24) is 0 Å². The van der Waals surface area contributed by atoms with Crippen molar-refractivity contribution >= 4 is 28.7 Å². The van der Waals surface area contributed by atoms with Crippen LogP contribution in [0.25, 0.3) is 21.9 Å². The maximum absolute atomic E-state index is 13.9. The van der Waals surface area contributed by atoms with Crippen molar-refractivity contribution in [3.05, 3.63) is 71.8 Å². The number of fused-ring (bicyclic) bond motifs is 3. The Balaban J connectivity index is 1.25. The first kappa shape index (κ1) is 22.5. The Kier molecular flexibility index (Phi) is 4.67. The minimum Gasteiger partial charge on any atom is -0.458 e. The summed E-state index contributed by atoms with van der Waals surface area (Å²) in [6.07, 6.45) is -1.08. The number of carbonyl (C=O) groups is 3. The third-order valence-corrected chi connectivity index (χ3v) is 8.66. The van der Waals surface area contributed by atoms with Crippen LogP contribution in [-0.4, -0.2) is 30.1 Å². The quantitative estimate of drug-likeness (QED) is 0.366. The zero-order valence-corrected chi connectivity index (χ0v) is 21.0. The van der Waals surface area contributed by atoms with Crippen LogP contribution in [0, 0.1) is 29.1 Å². The normalized spacial score (nSPS) is 30.7. The molecule has 3 fully saturated rings. The molecule has 0 amide bonds. The lowest BCUT2D eigenvalue weighted by Crippen LogP contribution is -2.45. The molecule has 0 radical (unpaired) electrons. The van der Waals surface area contributed by atoms with E-state index in [1.54, 1.807) is 20.8 Å². The van der Waals surface area contributed by atoms with E-state index in [4.69, 9.17) is 14.2 Å². The fourth-order valence-corrected chi connectivity index (χ4v) is 7.04. The van der Waals surface area contributed by atoms with Gasteiger partial charge in [-0.25, -0.2) is 0 Å². The molecule has 3 aromatic carbocycles. The molecule has 2 bridgehead atoms. The Bertz CT molecular complexity index is 1480. The molecule has 3 aliphatic carbocycles. The van der Waals surface area contributed by atoms with Gasteiger partial charge in [-0.3, -0.25) is 14.4 Å². The van der Waals surface area contributed by atoms with Crippen LogP contribution >= 0.6 is 0 Å². The van der Waals surface area contributed by atoms with Gasteiger partial charge in [0.2, 0.25) is 0 Å². The molecule has 0 aromatic heterocycles. The van der Waals surface area contributed by atoms with E-state index in [-0.39, 0.29) is 23.8 Å². The molecule has 188 valence electrons. The van der Waals surface area contributed by atoms with E-state index in [9.17, 15) is 14.4 Å². The maximum Gasteiger partial charge on any atom is 0.311 e. The van der Waals surface area contributed by atoms with E-state index in [1.807, 2.05) is 36.4 Å². The summed E-state index contributed by atoms with van der Waals surface area (Å²) in [5.74, 6) is -2.84. The highest BCUT2D eigenvalue weighted by Crippen LogP contribution is 2.59. The standard InChI is InChI=1S/C31H28O6/c1-31(2,3)30(34)37-27-21-14-20-23(29(33)36-26(20)27)24(21)28(32)35-25-18-11-5-4-10-16(18)17-12-6-8-15-9-7-13-19(25)22(15)17/h4-13,20-21,23-27H,14H2,1-3H3. The fraction of sp³-hybridized carbons (Fsp3) is 0.387. The van der Waals surface area contributed by atoms with Gasteiger partial charge in [0.05, 0.1) is 17.3 Å². The molecular formula is C31H28O6. The number of rotatable bonds is 3. The van der Waals surface area contributed by atoms with Crippen molar-refractivity contribution in [3.8, 4) is 11.1 Å².